The Kier molecular flexibility index (Phi) is 6.10. The molecule has 1 rings (SSSR count). The highest BCUT2D eigenvalue weighted by Crippen LogP contribution is 2.13. The number of hydrogen-bond acceptors (Lipinski definition) is 3. The number of hydrogen-bond donors (Lipinski definition) is 2. The van der Waals surface area contributed by atoms with Gasteiger partial charge in [-0.05, 0) is 42.5 Å². The predicted molar refractivity (Wildman–Crippen MR) is 69.3 cm³/mol. The van der Waals surface area contributed by atoms with Crippen LogP contribution in [0, 0.1) is 0 Å². The van der Waals surface area contributed by atoms with Crippen molar-refractivity contribution in [2.24, 2.45) is 5.84 Å². The zero-order chi connectivity index (χ0) is 11.1. The van der Waals surface area contributed by atoms with Gasteiger partial charge in [0.05, 0.1) is 0 Å². The van der Waals surface area contributed by atoms with E-state index in [4.69, 9.17) is 17.4 Å². The molecule has 0 spiro atoms. The van der Waals surface area contributed by atoms with E-state index in [0.29, 0.717) is 6.04 Å². The molecular formula is C11H17ClN2S. The molecule has 0 aromatic heterocycles. The SMILES string of the molecule is CSCCC(Cc1cccc(Cl)c1)NN. The van der Waals surface area contributed by atoms with Crippen LogP contribution in [0.1, 0.15) is 12.0 Å². The van der Waals surface area contributed by atoms with Gasteiger partial charge in [0.1, 0.15) is 0 Å². The third kappa shape index (κ3) is 4.89. The van der Waals surface area contributed by atoms with Crippen molar-refractivity contribution in [3.8, 4) is 0 Å². The second-order valence-electron chi connectivity index (χ2n) is 3.48. The van der Waals surface area contributed by atoms with Gasteiger partial charge in [-0.3, -0.25) is 11.3 Å². The van der Waals surface area contributed by atoms with Gasteiger partial charge in [-0.25, -0.2) is 0 Å². The molecule has 2 nitrogen and oxygen atoms in total. The van der Waals surface area contributed by atoms with Crippen LogP contribution < -0.4 is 11.3 Å². The summed E-state index contributed by atoms with van der Waals surface area (Å²) in [7, 11) is 0. The second-order valence-corrected chi connectivity index (χ2v) is 4.90. The molecule has 15 heavy (non-hydrogen) atoms. The molecule has 0 radical (unpaired) electrons. The van der Waals surface area contributed by atoms with Gasteiger partial charge >= 0.3 is 0 Å². The quantitative estimate of drug-likeness (QED) is 0.597. The summed E-state index contributed by atoms with van der Waals surface area (Å²) < 4.78 is 0. The predicted octanol–water partition coefficient (Wildman–Crippen LogP) is 2.47. The molecule has 0 bridgehead atoms. The van der Waals surface area contributed by atoms with Crippen LogP contribution in [0.4, 0.5) is 0 Å². The summed E-state index contributed by atoms with van der Waals surface area (Å²) in [5, 5.41) is 0.785. The van der Waals surface area contributed by atoms with Gasteiger partial charge in [0.25, 0.3) is 0 Å². The number of thioether (sulfide) groups is 1. The van der Waals surface area contributed by atoms with E-state index in [-0.39, 0.29) is 0 Å². The molecule has 3 N–H and O–H groups in total. The lowest BCUT2D eigenvalue weighted by Crippen LogP contribution is -2.37. The zero-order valence-electron chi connectivity index (χ0n) is 8.87. The average molecular weight is 245 g/mol. The Morgan fingerprint density at radius 2 is 2.33 bits per heavy atom. The van der Waals surface area contributed by atoms with Gasteiger partial charge in [0, 0.05) is 11.1 Å². The summed E-state index contributed by atoms with van der Waals surface area (Å²) in [6.45, 7) is 0. The van der Waals surface area contributed by atoms with Crippen molar-refractivity contribution in [1.29, 1.82) is 0 Å². The van der Waals surface area contributed by atoms with E-state index in [0.717, 1.165) is 23.6 Å². The van der Waals surface area contributed by atoms with Crippen molar-refractivity contribution in [2.45, 2.75) is 18.9 Å². The van der Waals surface area contributed by atoms with Gasteiger partial charge in [-0.15, -0.1) is 0 Å². The highest BCUT2D eigenvalue weighted by molar-refractivity contribution is 7.98. The molecule has 0 heterocycles. The third-order valence-electron chi connectivity index (χ3n) is 2.28. The normalized spacial score (nSPS) is 12.7. The minimum Gasteiger partial charge on any atom is -0.271 e. The Morgan fingerprint density at radius 3 is 2.93 bits per heavy atom. The molecule has 0 saturated carbocycles. The molecule has 0 aliphatic rings. The Morgan fingerprint density at radius 1 is 1.53 bits per heavy atom. The summed E-state index contributed by atoms with van der Waals surface area (Å²) in [4.78, 5) is 0. The van der Waals surface area contributed by atoms with Gasteiger partial charge < -0.3 is 0 Å². The first-order chi connectivity index (χ1) is 7.26. The molecule has 1 aromatic rings. The van der Waals surface area contributed by atoms with Gasteiger partial charge in [0.15, 0.2) is 0 Å². The number of halogens is 1. The molecule has 0 fully saturated rings. The fourth-order valence-electron chi connectivity index (χ4n) is 1.45. The molecule has 1 atom stereocenters. The summed E-state index contributed by atoms with van der Waals surface area (Å²) in [6.07, 6.45) is 4.11. The van der Waals surface area contributed by atoms with Crippen molar-refractivity contribution >= 4 is 23.4 Å². The molecule has 1 unspecified atom stereocenters. The van der Waals surface area contributed by atoms with Crippen LogP contribution in [0.3, 0.4) is 0 Å². The Balaban J connectivity index is 2.50. The standard InChI is InChI=1S/C11H17ClN2S/c1-15-6-5-11(14-13)8-9-3-2-4-10(12)7-9/h2-4,7,11,14H,5-6,8,13H2,1H3. The van der Waals surface area contributed by atoms with E-state index >= 15 is 0 Å². The lowest BCUT2D eigenvalue weighted by Gasteiger charge is -2.15. The van der Waals surface area contributed by atoms with Gasteiger partial charge in [-0.2, -0.15) is 11.8 Å². The fraction of sp³-hybridized carbons (Fsp3) is 0.455. The lowest BCUT2D eigenvalue weighted by atomic mass is 10.0. The second kappa shape index (κ2) is 7.12. The number of nitrogens with two attached hydrogens (primary N) is 1. The fourth-order valence-corrected chi connectivity index (χ4v) is 2.19. The molecule has 0 amide bonds. The number of rotatable bonds is 6. The minimum atomic E-state index is 0.330. The molecule has 0 aliphatic heterocycles. The number of benzene rings is 1. The molecule has 0 aliphatic carbocycles. The molecular weight excluding hydrogens is 228 g/mol. The third-order valence-corrected chi connectivity index (χ3v) is 3.16. The van der Waals surface area contributed by atoms with Gasteiger partial charge in [-0.1, -0.05) is 23.7 Å². The monoisotopic (exact) mass is 244 g/mol. The molecule has 84 valence electrons. The van der Waals surface area contributed by atoms with Crippen molar-refractivity contribution in [3.05, 3.63) is 34.9 Å². The average Bonchev–Trinajstić information content (AvgIpc) is 2.24. The minimum absolute atomic E-state index is 0.330. The van der Waals surface area contributed by atoms with Crippen molar-refractivity contribution < 1.29 is 0 Å². The highest BCUT2D eigenvalue weighted by atomic mass is 35.5. The first kappa shape index (κ1) is 12.8. The first-order valence-electron chi connectivity index (χ1n) is 4.95. The zero-order valence-corrected chi connectivity index (χ0v) is 10.4. The van der Waals surface area contributed by atoms with E-state index in [9.17, 15) is 0 Å². The smallest absolute Gasteiger partial charge is 0.0408 e. The molecule has 0 saturated heterocycles. The van der Waals surface area contributed by atoms with E-state index in [1.807, 2.05) is 30.0 Å². The van der Waals surface area contributed by atoms with Crippen molar-refractivity contribution in [3.63, 3.8) is 0 Å². The van der Waals surface area contributed by atoms with E-state index in [1.54, 1.807) is 0 Å². The maximum atomic E-state index is 5.92. The van der Waals surface area contributed by atoms with Crippen LogP contribution >= 0.6 is 23.4 Å². The van der Waals surface area contributed by atoms with Crippen LogP contribution in [0.5, 0.6) is 0 Å². The highest BCUT2D eigenvalue weighted by Gasteiger charge is 2.07. The first-order valence-corrected chi connectivity index (χ1v) is 6.73. The van der Waals surface area contributed by atoms with Crippen LogP contribution in [0.25, 0.3) is 0 Å². The van der Waals surface area contributed by atoms with E-state index in [2.05, 4.69) is 17.7 Å². The van der Waals surface area contributed by atoms with Crippen LogP contribution in [0.15, 0.2) is 24.3 Å². The maximum absolute atomic E-state index is 5.92. The Bertz CT molecular complexity index is 294. The Hall–Kier alpha value is -0.220. The number of hydrazine groups is 1. The molecule has 1 aromatic carbocycles. The summed E-state index contributed by atoms with van der Waals surface area (Å²) in [5.41, 5.74) is 4.08. The van der Waals surface area contributed by atoms with E-state index in [1.165, 1.54) is 5.56 Å². The summed E-state index contributed by atoms with van der Waals surface area (Å²) >= 11 is 7.76. The molecule has 4 heteroatoms. The Labute approximate surface area is 101 Å². The maximum Gasteiger partial charge on any atom is 0.0408 e. The lowest BCUT2D eigenvalue weighted by molar-refractivity contribution is 0.514. The largest absolute Gasteiger partial charge is 0.271 e. The summed E-state index contributed by atoms with van der Waals surface area (Å²) in [5.74, 6) is 6.63. The van der Waals surface area contributed by atoms with E-state index < -0.39 is 0 Å². The van der Waals surface area contributed by atoms with Crippen LogP contribution in [-0.4, -0.2) is 18.1 Å². The van der Waals surface area contributed by atoms with Crippen LogP contribution in [0.2, 0.25) is 5.02 Å². The van der Waals surface area contributed by atoms with Crippen molar-refractivity contribution in [1.82, 2.24) is 5.43 Å². The number of nitrogens with one attached hydrogen (secondary N) is 1. The van der Waals surface area contributed by atoms with Crippen LogP contribution in [-0.2, 0) is 6.42 Å². The van der Waals surface area contributed by atoms with Gasteiger partial charge in [0.2, 0.25) is 0 Å². The summed E-state index contributed by atoms with van der Waals surface area (Å²) in [6, 6.07) is 8.26. The van der Waals surface area contributed by atoms with Crippen molar-refractivity contribution in [2.75, 3.05) is 12.0 Å². The topological polar surface area (TPSA) is 38.0 Å².